The van der Waals surface area contributed by atoms with Gasteiger partial charge in [-0.05, 0) is 12.1 Å². The van der Waals surface area contributed by atoms with Gasteiger partial charge in [0, 0.05) is 13.1 Å². The number of aryl methyl sites for hydroxylation is 1. The molecule has 0 saturated carbocycles. The first-order valence-electron chi connectivity index (χ1n) is 9.46. The third-order valence-electron chi connectivity index (χ3n) is 4.86. The summed E-state index contributed by atoms with van der Waals surface area (Å²) in [6.45, 7) is -2.46. The van der Waals surface area contributed by atoms with Gasteiger partial charge in [-0.3, -0.25) is 9.48 Å². The van der Waals surface area contributed by atoms with Gasteiger partial charge in [0.05, 0.1) is 42.9 Å². The van der Waals surface area contributed by atoms with Crippen molar-refractivity contribution in [2.45, 2.75) is 18.8 Å². The molecule has 0 radical (unpaired) electrons. The number of nitrogens with one attached hydrogen (secondary N) is 1. The molecular weight excluding hydrogens is 458 g/mol. The van der Waals surface area contributed by atoms with E-state index in [2.05, 4.69) is 15.5 Å². The highest BCUT2D eigenvalue weighted by atomic mass is 19.4. The van der Waals surface area contributed by atoms with Crippen LogP contribution in [-0.2, 0) is 13.2 Å². The number of alkyl halides is 5. The van der Waals surface area contributed by atoms with E-state index < -0.39 is 36.1 Å². The smallest absolute Gasteiger partial charge is 0.416 e. The second-order valence-corrected chi connectivity index (χ2v) is 7.26. The molecule has 1 aliphatic rings. The lowest BCUT2D eigenvalue weighted by atomic mass is 10.1. The van der Waals surface area contributed by atoms with E-state index in [4.69, 9.17) is 4.74 Å². The number of halogens is 6. The van der Waals surface area contributed by atoms with E-state index in [0.29, 0.717) is 22.6 Å². The van der Waals surface area contributed by atoms with Gasteiger partial charge in [-0.2, -0.15) is 32.1 Å². The lowest BCUT2D eigenvalue weighted by molar-refractivity contribution is -0.137. The zero-order valence-electron chi connectivity index (χ0n) is 16.9. The van der Waals surface area contributed by atoms with Crippen molar-refractivity contribution in [1.29, 1.82) is 0 Å². The van der Waals surface area contributed by atoms with Crippen LogP contribution in [0.4, 0.5) is 37.8 Å². The van der Waals surface area contributed by atoms with Crippen LogP contribution >= 0.6 is 0 Å². The number of rotatable bonds is 6. The molecule has 1 saturated heterocycles. The summed E-state index contributed by atoms with van der Waals surface area (Å²) >= 11 is 0. The van der Waals surface area contributed by atoms with Crippen molar-refractivity contribution in [2.24, 2.45) is 7.05 Å². The molecular formula is C19H16F6N6O2. The number of hydrogen-bond acceptors (Lipinski definition) is 5. The minimum atomic E-state index is -4.71. The third kappa shape index (κ3) is 4.73. The maximum atomic E-state index is 13.6. The van der Waals surface area contributed by atoms with Crippen LogP contribution in [-0.4, -0.2) is 44.7 Å². The van der Waals surface area contributed by atoms with Crippen LogP contribution in [0.15, 0.2) is 36.8 Å². The Bertz CT molecular complexity index is 1170. The Kier molecular flexibility index (Phi) is 5.68. The van der Waals surface area contributed by atoms with Gasteiger partial charge in [0.2, 0.25) is 0 Å². The molecule has 0 atom stereocenters. The van der Waals surface area contributed by atoms with Crippen LogP contribution in [0, 0.1) is 5.82 Å². The molecule has 1 aromatic carbocycles. The predicted octanol–water partition coefficient (Wildman–Crippen LogP) is 3.69. The zero-order chi connectivity index (χ0) is 23.9. The Hall–Kier alpha value is -3.71. The largest absolute Gasteiger partial charge is 0.487 e. The molecule has 33 heavy (non-hydrogen) atoms. The minimum absolute atomic E-state index is 0.0616. The van der Waals surface area contributed by atoms with E-state index in [1.54, 1.807) is 11.9 Å². The predicted molar refractivity (Wildman–Crippen MR) is 103 cm³/mol. The summed E-state index contributed by atoms with van der Waals surface area (Å²) in [6, 6.07) is 1.96. The molecule has 0 bridgehead atoms. The monoisotopic (exact) mass is 474 g/mol. The van der Waals surface area contributed by atoms with Crippen LogP contribution in [0.3, 0.4) is 0 Å². The summed E-state index contributed by atoms with van der Waals surface area (Å²) in [6.07, 6.45) is -1.93. The van der Waals surface area contributed by atoms with Crippen LogP contribution in [0.1, 0.15) is 22.5 Å². The second-order valence-electron chi connectivity index (χ2n) is 7.26. The zero-order valence-corrected chi connectivity index (χ0v) is 16.9. The number of nitrogens with zero attached hydrogens (tertiary/aromatic N) is 5. The van der Waals surface area contributed by atoms with Gasteiger partial charge >= 0.3 is 12.7 Å². The normalized spacial score (nSPS) is 14.5. The van der Waals surface area contributed by atoms with Crippen molar-refractivity contribution < 1.29 is 35.9 Å². The maximum absolute atomic E-state index is 13.6. The molecule has 1 fully saturated rings. The van der Waals surface area contributed by atoms with Gasteiger partial charge in [-0.15, -0.1) is 0 Å². The number of carbonyl (C=O) groups excluding carboxylic acids is 1. The molecule has 3 aromatic rings. The molecule has 0 aliphatic carbocycles. The van der Waals surface area contributed by atoms with E-state index in [9.17, 15) is 31.1 Å². The molecule has 8 nitrogen and oxygen atoms in total. The van der Waals surface area contributed by atoms with E-state index in [0.717, 1.165) is 18.5 Å². The molecule has 1 amide bonds. The molecule has 1 aliphatic heterocycles. The number of anilines is 2. The Balaban J connectivity index is 1.42. The molecule has 3 heterocycles. The van der Waals surface area contributed by atoms with Crippen LogP contribution in [0.2, 0.25) is 0 Å². The van der Waals surface area contributed by atoms with Gasteiger partial charge < -0.3 is 15.0 Å². The van der Waals surface area contributed by atoms with Gasteiger partial charge in [0.25, 0.3) is 5.91 Å². The van der Waals surface area contributed by atoms with Crippen molar-refractivity contribution in [3.63, 3.8) is 0 Å². The van der Waals surface area contributed by atoms with E-state index in [1.807, 2.05) is 0 Å². The fourth-order valence-electron chi connectivity index (χ4n) is 3.35. The Morgan fingerprint density at radius 2 is 1.91 bits per heavy atom. The first-order chi connectivity index (χ1) is 15.5. The van der Waals surface area contributed by atoms with Crippen molar-refractivity contribution in [2.75, 3.05) is 23.3 Å². The van der Waals surface area contributed by atoms with Crippen LogP contribution in [0.25, 0.3) is 0 Å². The number of aromatic nitrogens is 4. The summed E-state index contributed by atoms with van der Waals surface area (Å²) in [5.74, 6) is -1.55. The van der Waals surface area contributed by atoms with E-state index >= 15 is 0 Å². The van der Waals surface area contributed by atoms with Gasteiger partial charge in [-0.25, -0.2) is 9.07 Å². The molecule has 4 rings (SSSR count). The summed E-state index contributed by atoms with van der Waals surface area (Å²) in [5.41, 5.74) is -0.952. The Morgan fingerprint density at radius 1 is 1.18 bits per heavy atom. The molecule has 0 spiro atoms. The van der Waals surface area contributed by atoms with Gasteiger partial charge in [-0.1, -0.05) is 0 Å². The number of benzene rings is 1. The lowest BCUT2D eigenvalue weighted by Gasteiger charge is -2.40. The Labute approximate surface area is 182 Å². The molecule has 1 N–H and O–H groups in total. The van der Waals surface area contributed by atoms with Crippen molar-refractivity contribution in [3.8, 4) is 5.75 Å². The topological polar surface area (TPSA) is 77.2 Å². The quantitative estimate of drug-likeness (QED) is 0.552. The average molecular weight is 474 g/mol. The number of carbonyl (C=O) groups is 1. The third-order valence-corrected chi connectivity index (χ3v) is 4.86. The van der Waals surface area contributed by atoms with Crippen LogP contribution in [0.5, 0.6) is 5.75 Å². The standard InChI is InChI=1S/C19H16F6N6O2/c1-29-17(15(6-26-29)16(32)28-12-5-27-31(7-12)18(21)22)30-8-14(9-30)33-13-3-10(19(23,24)25)2-11(20)4-13/h2-7,14,18H,8-9H2,1H3,(H,28,32). The van der Waals surface area contributed by atoms with Crippen LogP contribution < -0.4 is 15.0 Å². The first-order valence-corrected chi connectivity index (χ1v) is 9.46. The molecule has 2 aromatic heterocycles. The Morgan fingerprint density at radius 3 is 2.55 bits per heavy atom. The molecule has 14 heteroatoms. The number of hydrogen-bond donors (Lipinski definition) is 1. The summed E-state index contributed by atoms with van der Waals surface area (Å²) in [7, 11) is 1.58. The summed E-state index contributed by atoms with van der Waals surface area (Å²) < 4.78 is 84.7. The second kappa shape index (κ2) is 8.33. The van der Waals surface area contributed by atoms with E-state index in [-0.39, 0.29) is 30.1 Å². The SMILES string of the molecule is Cn1ncc(C(=O)Nc2cnn(C(F)F)c2)c1N1CC(Oc2cc(F)cc(C(F)(F)F)c2)C1. The summed E-state index contributed by atoms with van der Waals surface area (Å²) in [5, 5.41) is 9.92. The first kappa shape index (κ1) is 22.5. The van der Waals surface area contributed by atoms with Gasteiger partial charge in [0.1, 0.15) is 29.1 Å². The summed E-state index contributed by atoms with van der Waals surface area (Å²) in [4.78, 5) is 14.3. The highest BCUT2D eigenvalue weighted by molar-refractivity contribution is 6.07. The van der Waals surface area contributed by atoms with E-state index in [1.165, 1.54) is 10.9 Å². The lowest BCUT2D eigenvalue weighted by Crippen LogP contribution is -2.55. The highest BCUT2D eigenvalue weighted by Gasteiger charge is 2.35. The molecule has 176 valence electrons. The fourth-order valence-corrected chi connectivity index (χ4v) is 3.35. The fraction of sp³-hybridized carbons (Fsp3) is 0.316. The number of ether oxygens (including phenoxy) is 1. The van der Waals surface area contributed by atoms with Gasteiger partial charge in [0.15, 0.2) is 0 Å². The molecule has 0 unspecified atom stereocenters. The van der Waals surface area contributed by atoms with Crippen molar-refractivity contribution in [3.05, 3.63) is 53.7 Å². The van der Waals surface area contributed by atoms with Crippen molar-refractivity contribution >= 4 is 17.4 Å². The van der Waals surface area contributed by atoms with Crippen molar-refractivity contribution in [1.82, 2.24) is 19.6 Å². The average Bonchev–Trinajstić information content (AvgIpc) is 3.30. The minimum Gasteiger partial charge on any atom is -0.487 e. The number of amides is 1. The maximum Gasteiger partial charge on any atom is 0.416 e. The highest BCUT2D eigenvalue weighted by Crippen LogP contribution is 2.34.